The summed E-state index contributed by atoms with van der Waals surface area (Å²) >= 11 is 0. The number of rotatable bonds is 4. The highest BCUT2D eigenvalue weighted by Crippen LogP contribution is 2.26. The molecule has 6 nitrogen and oxygen atoms in total. The average Bonchev–Trinajstić information content (AvgIpc) is 2.48. The van der Waals surface area contributed by atoms with E-state index in [0.29, 0.717) is 13.0 Å². The highest BCUT2D eigenvalue weighted by molar-refractivity contribution is 4.74. The zero-order chi connectivity index (χ0) is 14.6. The second-order valence-corrected chi connectivity index (χ2v) is 6.85. The van der Waals surface area contributed by atoms with Crippen molar-refractivity contribution in [3.05, 3.63) is 0 Å². The van der Waals surface area contributed by atoms with Crippen molar-refractivity contribution in [2.75, 3.05) is 13.1 Å². The van der Waals surface area contributed by atoms with Gasteiger partial charge in [0.15, 0.2) is 0 Å². The van der Waals surface area contributed by atoms with Crippen LogP contribution in [0.4, 0.5) is 0 Å². The monoisotopic (exact) mass is 276 g/mol. The highest BCUT2D eigenvalue weighted by Gasteiger charge is 2.39. The summed E-state index contributed by atoms with van der Waals surface area (Å²) in [6, 6.07) is 0. The Morgan fingerprint density at radius 2 is 1.37 bits per heavy atom. The van der Waals surface area contributed by atoms with E-state index in [-0.39, 0.29) is 0 Å². The standard InChI is InChI=1S/C13H28N2O4/c1-11(2,3)16-18-13(19-17-12(4,5)6)8-7-9-14-15-10-13/h14-15H,7-10H2,1-6H3. The van der Waals surface area contributed by atoms with Crippen molar-refractivity contribution in [3.8, 4) is 0 Å². The van der Waals surface area contributed by atoms with Gasteiger partial charge in [0.05, 0.1) is 17.7 Å². The van der Waals surface area contributed by atoms with Crippen LogP contribution in [0, 0.1) is 0 Å². The van der Waals surface area contributed by atoms with Crippen LogP contribution >= 0.6 is 0 Å². The van der Waals surface area contributed by atoms with E-state index in [9.17, 15) is 0 Å². The summed E-state index contributed by atoms with van der Waals surface area (Å²) in [5.74, 6) is -0.940. The Morgan fingerprint density at radius 3 is 1.84 bits per heavy atom. The zero-order valence-electron chi connectivity index (χ0n) is 13.0. The molecule has 2 N–H and O–H groups in total. The van der Waals surface area contributed by atoms with E-state index >= 15 is 0 Å². The molecule has 0 aromatic heterocycles. The van der Waals surface area contributed by atoms with E-state index in [2.05, 4.69) is 10.9 Å². The largest absolute Gasteiger partial charge is 0.258 e. The lowest BCUT2D eigenvalue weighted by Crippen LogP contribution is -2.49. The molecule has 0 radical (unpaired) electrons. The maximum Gasteiger partial charge on any atom is 0.247 e. The maximum absolute atomic E-state index is 5.56. The van der Waals surface area contributed by atoms with Crippen LogP contribution in [-0.4, -0.2) is 30.1 Å². The first-order chi connectivity index (χ1) is 8.62. The molecule has 1 rings (SSSR count). The summed E-state index contributed by atoms with van der Waals surface area (Å²) in [5, 5.41) is 0. The van der Waals surface area contributed by atoms with Crippen LogP contribution < -0.4 is 10.9 Å². The van der Waals surface area contributed by atoms with E-state index in [1.165, 1.54) is 0 Å². The third kappa shape index (κ3) is 7.20. The van der Waals surface area contributed by atoms with E-state index < -0.39 is 17.0 Å². The lowest BCUT2D eigenvalue weighted by molar-refractivity contribution is -0.539. The van der Waals surface area contributed by atoms with Gasteiger partial charge in [-0.3, -0.25) is 10.9 Å². The number of hydrazine groups is 1. The summed E-state index contributed by atoms with van der Waals surface area (Å²) in [4.78, 5) is 22.0. The van der Waals surface area contributed by atoms with Gasteiger partial charge in [-0.1, -0.05) is 0 Å². The Hall–Kier alpha value is -0.240. The predicted octanol–water partition coefficient (Wildman–Crippen LogP) is 2.06. The van der Waals surface area contributed by atoms with Crippen LogP contribution in [0.3, 0.4) is 0 Å². The molecule has 1 heterocycles. The molecule has 1 saturated heterocycles. The summed E-state index contributed by atoms with van der Waals surface area (Å²) in [5.41, 5.74) is 5.32. The Labute approximate surface area is 115 Å². The molecule has 0 aromatic carbocycles. The number of hydrogen-bond donors (Lipinski definition) is 2. The van der Waals surface area contributed by atoms with Crippen molar-refractivity contribution in [1.82, 2.24) is 10.9 Å². The third-order valence-electron chi connectivity index (χ3n) is 2.23. The molecule has 0 saturated carbocycles. The lowest BCUT2D eigenvalue weighted by atomic mass is 10.1. The highest BCUT2D eigenvalue weighted by atomic mass is 17.3. The van der Waals surface area contributed by atoms with Crippen LogP contribution in [0.2, 0.25) is 0 Å². The lowest BCUT2D eigenvalue weighted by Gasteiger charge is -2.34. The van der Waals surface area contributed by atoms with Crippen molar-refractivity contribution in [2.24, 2.45) is 0 Å². The molecule has 1 aliphatic rings. The number of hydrogen-bond acceptors (Lipinski definition) is 6. The van der Waals surface area contributed by atoms with Gasteiger partial charge in [0.2, 0.25) is 5.79 Å². The van der Waals surface area contributed by atoms with E-state index in [1.54, 1.807) is 0 Å². The molecule has 114 valence electrons. The predicted molar refractivity (Wildman–Crippen MR) is 71.8 cm³/mol. The molecule has 0 aromatic rings. The fraction of sp³-hybridized carbons (Fsp3) is 1.00. The Kier molecular flexibility index (Phi) is 5.73. The minimum absolute atomic E-state index is 0.405. The van der Waals surface area contributed by atoms with Crippen molar-refractivity contribution >= 4 is 0 Å². The first-order valence-corrected chi connectivity index (χ1v) is 6.81. The van der Waals surface area contributed by atoms with Crippen molar-refractivity contribution in [2.45, 2.75) is 71.4 Å². The average molecular weight is 276 g/mol. The molecule has 1 fully saturated rings. The molecular formula is C13H28N2O4. The molecule has 1 aliphatic heterocycles. The van der Waals surface area contributed by atoms with E-state index in [4.69, 9.17) is 19.6 Å². The van der Waals surface area contributed by atoms with Crippen molar-refractivity contribution in [3.63, 3.8) is 0 Å². The summed E-state index contributed by atoms with van der Waals surface area (Å²) < 4.78 is 0. The van der Waals surface area contributed by atoms with Gasteiger partial charge in [-0.05, 0) is 48.0 Å². The van der Waals surface area contributed by atoms with Gasteiger partial charge >= 0.3 is 0 Å². The quantitative estimate of drug-likeness (QED) is 0.465. The fourth-order valence-corrected chi connectivity index (χ4v) is 1.38. The van der Waals surface area contributed by atoms with E-state index in [1.807, 2.05) is 41.5 Å². The van der Waals surface area contributed by atoms with Crippen LogP contribution in [-0.2, 0) is 19.6 Å². The molecule has 0 amide bonds. The Balaban J connectivity index is 2.65. The Bertz CT molecular complexity index is 243. The molecule has 6 heteroatoms. The molecule has 0 aliphatic carbocycles. The van der Waals surface area contributed by atoms with Gasteiger partial charge in [-0.25, -0.2) is 9.78 Å². The normalized spacial score (nSPS) is 21.2. The first kappa shape index (κ1) is 16.8. The third-order valence-corrected chi connectivity index (χ3v) is 2.23. The molecule has 0 atom stereocenters. The minimum atomic E-state index is -0.940. The fourth-order valence-electron chi connectivity index (χ4n) is 1.38. The zero-order valence-corrected chi connectivity index (χ0v) is 13.0. The first-order valence-electron chi connectivity index (χ1n) is 6.81. The SMILES string of the molecule is CC(C)(C)OOC1(OOC(C)(C)C)CCCNNC1. The van der Waals surface area contributed by atoms with Crippen LogP contribution in [0.25, 0.3) is 0 Å². The van der Waals surface area contributed by atoms with Gasteiger partial charge in [0, 0.05) is 13.0 Å². The second kappa shape index (κ2) is 6.47. The molecule has 19 heavy (non-hydrogen) atoms. The van der Waals surface area contributed by atoms with Crippen LogP contribution in [0.15, 0.2) is 0 Å². The topological polar surface area (TPSA) is 61.0 Å². The molecule has 0 spiro atoms. The van der Waals surface area contributed by atoms with Gasteiger partial charge in [0.25, 0.3) is 0 Å². The summed E-state index contributed by atoms with van der Waals surface area (Å²) in [6.45, 7) is 12.8. The van der Waals surface area contributed by atoms with Gasteiger partial charge < -0.3 is 0 Å². The van der Waals surface area contributed by atoms with Crippen molar-refractivity contribution in [1.29, 1.82) is 0 Å². The summed E-state index contributed by atoms with van der Waals surface area (Å²) in [7, 11) is 0. The van der Waals surface area contributed by atoms with E-state index in [0.717, 1.165) is 13.0 Å². The molecular weight excluding hydrogens is 248 g/mol. The van der Waals surface area contributed by atoms with Crippen LogP contribution in [0.5, 0.6) is 0 Å². The van der Waals surface area contributed by atoms with Crippen LogP contribution in [0.1, 0.15) is 54.4 Å². The molecule has 0 bridgehead atoms. The smallest absolute Gasteiger partial charge is 0.247 e. The van der Waals surface area contributed by atoms with Gasteiger partial charge in [-0.15, -0.1) is 0 Å². The number of nitrogens with one attached hydrogen (secondary N) is 2. The molecule has 0 unspecified atom stereocenters. The van der Waals surface area contributed by atoms with Gasteiger partial charge in [0.1, 0.15) is 0 Å². The van der Waals surface area contributed by atoms with Crippen molar-refractivity contribution < 1.29 is 19.6 Å². The minimum Gasteiger partial charge on any atom is -0.258 e. The second-order valence-electron chi connectivity index (χ2n) is 6.85. The summed E-state index contributed by atoms with van der Waals surface area (Å²) in [6.07, 6.45) is 1.58. The maximum atomic E-state index is 5.56. The Morgan fingerprint density at radius 1 is 0.842 bits per heavy atom. The van der Waals surface area contributed by atoms with Gasteiger partial charge in [-0.2, -0.15) is 9.78 Å².